The van der Waals surface area contributed by atoms with E-state index in [0.29, 0.717) is 18.6 Å². The molecule has 0 N–H and O–H groups in total. The first kappa shape index (κ1) is 23.2. The van der Waals surface area contributed by atoms with Crippen molar-refractivity contribution >= 4 is 23.8 Å². The lowest BCUT2D eigenvalue weighted by Gasteiger charge is -2.49. The standard InChI is InChI=1S/C25H39NO2S2/c1-9-23(20-10-13-22(14-11-20)30(7,8)29(4,5)6)19(2)17-26(3)21-12-15-24-25(16-21)28-18-27-24/h10-16,19,23H,9,17-18H2,1-8H3. The summed E-state index contributed by atoms with van der Waals surface area (Å²) >= 11 is 0. The molecule has 0 fully saturated rings. The maximum absolute atomic E-state index is 5.55. The Morgan fingerprint density at radius 2 is 1.57 bits per heavy atom. The summed E-state index contributed by atoms with van der Waals surface area (Å²) in [5.74, 6) is 2.79. The highest BCUT2D eigenvalue weighted by molar-refractivity contribution is 9.07. The van der Waals surface area contributed by atoms with Crippen molar-refractivity contribution in [1.29, 1.82) is 0 Å². The molecule has 5 heteroatoms. The van der Waals surface area contributed by atoms with E-state index < -0.39 is 18.1 Å². The zero-order valence-corrected chi connectivity index (χ0v) is 21.5. The Labute approximate surface area is 186 Å². The van der Waals surface area contributed by atoms with Gasteiger partial charge < -0.3 is 14.4 Å². The maximum atomic E-state index is 5.55. The van der Waals surface area contributed by atoms with E-state index in [2.05, 4.69) is 93.5 Å². The summed E-state index contributed by atoms with van der Waals surface area (Å²) in [5.41, 5.74) is 2.64. The number of nitrogens with zero attached hydrogens (tertiary/aromatic N) is 1. The van der Waals surface area contributed by atoms with Gasteiger partial charge in [-0.3, -0.25) is 0 Å². The number of fused-ring (bicyclic) bond motifs is 1. The number of hydrogen-bond acceptors (Lipinski definition) is 3. The van der Waals surface area contributed by atoms with Crippen LogP contribution in [0.25, 0.3) is 0 Å². The number of benzene rings is 2. The van der Waals surface area contributed by atoms with Crippen LogP contribution in [-0.2, 0) is 0 Å². The van der Waals surface area contributed by atoms with E-state index in [1.54, 1.807) is 0 Å². The van der Waals surface area contributed by atoms with Crippen LogP contribution in [0.2, 0.25) is 0 Å². The maximum Gasteiger partial charge on any atom is 0.231 e. The molecule has 2 unspecified atom stereocenters. The second kappa shape index (κ2) is 8.96. The molecule has 1 aliphatic heterocycles. The van der Waals surface area contributed by atoms with Gasteiger partial charge in [-0.2, -0.15) is 9.06 Å². The molecule has 0 amide bonds. The molecule has 30 heavy (non-hydrogen) atoms. The molecule has 2 aromatic rings. The van der Waals surface area contributed by atoms with Crippen LogP contribution < -0.4 is 14.4 Å². The third-order valence-electron chi connectivity index (χ3n) is 6.61. The Morgan fingerprint density at radius 3 is 2.17 bits per heavy atom. The average Bonchev–Trinajstić information content (AvgIpc) is 3.16. The van der Waals surface area contributed by atoms with Crippen molar-refractivity contribution in [3.05, 3.63) is 48.0 Å². The second-order valence-electron chi connectivity index (χ2n) is 9.44. The molecule has 1 aliphatic rings. The highest BCUT2D eigenvalue weighted by Gasteiger charge is 2.26. The summed E-state index contributed by atoms with van der Waals surface area (Å²) in [4.78, 5) is 3.87. The molecular weight excluding hydrogens is 410 g/mol. The van der Waals surface area contributed by atoms with Crippen LogP contribution in [0.4, 0.5) is 5.69 Å². The van der Waals surface area contributed by atoms with E-state index in [-0.39, 0.29) is 0 Å². The highest BCUT2D eigenvalue weighted by Crippen LogP contribution is 2.76. The number of rotatable bonds is 8. The lowest BCUT2D eigenvalue weighted by Crippen LogP contribution is -2.27. The van der Waals surface area contributed by atoms with Crippen molar-refractivity contribution in [2.75, 3.05) is 56.6 Å². The summed E-state index contributed by atoms with van der Waals surface area (Å²) in [6.07, 6.45) is 13.4. The van der Waals surface area contributed by atoms with Crippen molar-refractivity contribution in [2.45, 2.75) is 31.1 Å². The van der Waals surface area contributed by atoms with E-state index in [1.807, 2.05) is 6.07 Å². The average molecular weight is 450 g/mol. The van der Waals surface area contributed by atoms with Crippen LogP contribution >= 0.6 is 18.1 Å². The molecular formula is C25H39NO2S2. The second-order valence-corrected chi connectivity index (χ2v) is 21.3. The summed E-state index contributed by atoms with van der Waals surface area (Å²) in [7, 11) is 0.812. The van der Waals surface area contributed by atoms with Gasteiger partial charge >= 0.3 is 0 Å². The Morgan fingerprint density at radius 1 is 0.933 bits per heavy atom. The van der Waals surface area contributed by atoms with E-state index in [0.717, 1.165) is 24.5 Å². The minimum Gasteiger partial charge on any atom is -0.454 e. The number of ether oxygens (including phenoxy) is 2. The van der Waals surface area contributed by atoms with Crippen molar-refractivity contribution in [3.63, 3.8) is 0 Å². The van der Waals surface area contributed by atoms with Gasteiger partial charge in [0.05, 0.1) is 0 Å². The first-order chi connectivity index (χ1) is 14.0. The minimum atomic E-state index is -0.753. The number of anilines is 1. The molecule has 1 heterocycles. The largest absolute Gasteiger partial charge is 0.454 e. The van der Waals surface area contributed by atoms with Crippen molar-refractivity contribution in [2.24, 2.45) is 5.92 Å². The third-order valence-corrected chi connectivity index (χ3v) is 18.6. The Balaban J connectivity index is 1.72. The summed E-state index contributed by atoms with van der Waals surface area (Å²) in [5, 5.41) is 0. The molecule has 0 aromatic heterocycles. The van der Waals surface area contributed by atoms with E-state index >= 15 is 0 Å². The van der Waals surface area contributed by atoms with Crippen LogP contribution in [0, 0.1) is 5.92 Å². The molecule has 0 bridgehead atoms. The number of hydrogen-bond donors (Lipinski definition) is 0. The van der Waals surface area contributed by atoms with Crippen LogP contribution in [0.15, 0.2) is 47.4 Å². The zero-order chi connectivity index (χ0) is 22.1. The normalized spacial score (nSPS) is 16.8. The van der Waals surface area contributed by atoms with Gasteiger partial charge in [0, 0.05) is 25.3 Å². The minimum absolute atomic E-state index is 0.321. The molecule has 3 nitrogen and oxygen atoms in total. The Kier molecular flexibility index (Phi) is 6.93. The Hall–Kier alpha value is -1.46. The van der Waals surface area contributed by atoms with Crippen molar-refractivity contribution < 1.29 is 9.47 Å². The van der Waals surface area contributed by atoms with Crippen molar-refractivity contribution in [1.82, 2.24) is 0 Å². The predicted octanol–water partition coefficient (Wildman–Crippen LogP) is 6.71. The van der Waals surface area contributed by atoms with Crippen LogP contribution in [0.3, 0.4) is 0 Å². The molecule has 2 aromatic carbocycles. The summed E-state index contributed by atoms with van der Waals surface area (Å²) in [6.45, 7) is 6.01. The van der Waals surface area contributed by atoms with Crippen molar-refractivity contribution in [3.8, 4) is 11.5 Å². The van der Waals surface area contributed by atoms with Crippen LogP contribution in [0.1, 0.15) is 31.7 Å². The fourth-order valence-corrected chi connectivity index (χ4v) is 7.52. The fourth-order valence-electron chi connectivity index (χ4n) is 4.09. The van der Waals surface area contributed by atoms with E-state index in [9.17, 15) is 0 Å². The molecule has 0 spiro atoms. The van der Waals surface area contributed by atoms with Gasteiger partial charge in [-0.05, 0) is 84.3 Å². The van der Waals surface area contributed by atoms with Gasteiger partial charge in [0.25, 0.3) is 0 Å². The van der Waals surface area contributed by atoms with E-state index in [4.69, 9.17) is 9.47 Å². The van der Waals surface area contributed by atoms with Gasteiger partial charge in [-0.25, -0.2) is 9.06 Å². The fraction of sp³-hybridized carbons (Fsp3) is 0.520. The van der Waals surface area contributed by atoms with Gasteiger partial charge in [0.15, 0.2) is 11.5 Å². The van der Waals surface area contributed by atoms with Gasteiger partial charge in [-0.15, -0.1) is 0 Å². The van der Waals surface area contributed by atoms with Gasteiger partial charge in [-0.1, -0.05) is 26.0 Å². The lowest BCUT2D eigenvalue weighted by molar-refractivity contribution is 0.174. The van der Waals surface area contributed by atoms with E-state index in [1.165, 1.54) is 16.1 Å². The summed E-state index contributed by atoms with van der Waals surface area (Å²) in [6, 6.07) is 15.8. The summed E-state index contributed by atoms with van der Waals surface area (Å²) < 4.78 is 11.0. The molecule has 3 rings (SSSR count). The molecule has 0 saturated carbocycles. The smallest absolute Gasteiger partial charge is 0.231 e. The van der Waals surface area contributed by atoms with Crippen LogP contribution in [0.5, 0.6) is 11.5 Å². The monoisotopic (exact) mass is 449 g/mol. The third kappa shape index (κ3) is 4.72. The lowest BCUT2D eigenvalue weighted by atomic mass is 9.85. The molecule has 0 aliphatic carbocycles. The Bertz CT molecular complexity index is 858. The quantitative estimate of drug-likeness (QED) is 0.418. The van der Waals surface area contributed by atoms with Gasteiger partial charge in [0.1, 0.15) is 0 Å². The molecule has 168 valence electrons. The molecule has 0 radical (unpaired) electrons. The molecule has 2 atom stereocenters. The zero-order valence-electron chi connectivity index (χ0n) is 19.9. The first-order valence-corrected chi connectivity index (χ1v) is 16.5. The molecule has 0 saturated heterocycles. The van der Waals surface area contributed by atoms with Crippen LogP contribution in [-0.4, -0.2) is 51.7 Å². The van der Waals surface area contributed by atoms with Gasteiger partial charge in [0.2, 0.25) is 6.79 Å². The SMILES string of the molecule is CCC(c1ccc(S(C)(C)S(C)(C)C)cc1)C(C)CN(C)c1ccc2c(c1)OCO2. The predicted molar refractivity (Wildman–Crippen MR) is 138 cm³/mol. The highest BCUT2D eigenvalue weighted by atomic mass is 33.2. The topological polar surface area (TPSA) is 21.7 Å². The first-order valence-electron chi connectivity index (χ1n) is 10.7.